The average molecular weight is 324 g/mol. The molecule has 1 aliphatic rings. The number of rotatable bonds is 5. The summed E-state index contributed by atoms with van der Waals surface area (Å²) >= 11 is 0. The third kappa shape index (κ3) is 3.40. The first kappa shape index (κ1) is 16.1. The third-order valence-electron chi connectivity index (χ3n) is 4.17. The molecule has 2 aromatic carbocycles. The van der Waals surface area contributed by atoms with Crippen LogP contribution in [-0.2, 0) is 22.6 Å². The van der Waals surface area contributed by atoms with E-state index in [0.717, 1.165) is 29.0 Å². The van der Waals surface area contributed by atoms with Crippen molar-refractivity contribution in [3.05, 3.63) is 59.7 Å². The van der Waals surface area contributed by atoms with Gasteiger partial charge in [0.2, 0.25) is 11.8 Å². The van der Waals surface area contributed by atoms with Crippen molar-refractivity contribution < 1.29 is 14.3 Å². The molecule has 5 nitrogen and oxygen atoms in total. The Hall–Kier alpha value is -2.82. The Morgan fingerprint density at radius 2 is 1.88 bits per heavy atom. The molecule has 124 valence electrons. The van der Waals surface area contributed by atoms with Crippen LogP contribution in [0.5, 0.6) is 5.75 Å². The van der Waals surface area contributed by atoms with Crippen LogP contribution in [-0.4, -0.2) is 25.5 Å². The number of hydrogen-bond donors (Lipinski definition) is 1. The lowest BCUT2D eigenvalue weighted by Gasteiger charge is -2.17. The predicted molar refractivity (Wildman–Crippen MR) is 92.0 cm³/mol. The number of carbonyl (C=O) groups is 2. The molecule has 0 spiro atoms. The molecular weight excluding hydrogens is 304 g/mol. The van der Waals surface area contributed by atoms with Crippen molar-refractivity contribution in [1.29, 1.82) is 0 Å². The number of methoxy groups -OCH3 is 1. The van der Waals surface area contributed by atoms with Gasteiger partial charge < -0.3 is 15.0 Å². The summed E-state index contributed by atoms with van der Waals surface area (Å²) in [6.45, 7) is 0.977. The van der Waals surface area contributed by atoms with Crippen molar-refractivity contribution in [1.82, 2.24) is 5.32 Å². The highest BCUT2D eigenvalue weighted by Crippen LogP contribution is 2.27. The van der Waals surface area contributed by atoms with Crippen molar-refractivity contribution in [2.75, 3.05) is 18.6 Å². The van der Waals surface area contributed by atoms with Crippen molar-refractivity contribution in [3.8, 4) is 5.75 Å². The molecule has 0 fully saturated rings. The van der Waals surface area contributed by atoms with E-state index in [1.165, 1.54) is 0 Å². The van der Waals surface area contributed by atoms with Crippen molar-refractivity contribution in [2.45, 2.75) is 19.4 Å². The van der Waals surface area contributed by atoms with Gasteiger partial charge in [0, 0.05) is 24.3 Å². The molecule has 0 bridgehead atoms. The zero-order valence-corrected chi connectivity index (χ0v) is 13.6. The first-order valence-corrected chi connectivity index (χ1v) is 7.96. The van der Waals surface area contributed by atoms with E-state index in [0.29, 0.717) is 13.1 Å². The van der Waals surface area contributed by atoms with Gasteiger partial charge in [-0.1, -0.05) is 36.4 Å². The Kier molecular flexibility index (Phi) is 4.79. The van der Waals surface area contributed by atoms with Gasteiger partial charge in [0.15, 0.2) is 0 Å². The molecule has 24 heavy (non-hydrogen) atoms. The smallest absolute Gasteiger partial charge is 0.236 e. The molecule has 0 radical (unpaired) electrons. The number of benzene rings is 2. The first-order chi connectivity index (χ1) is 11.7. The number of ether oxygens (including phenoxy) is 1. The van der Waals surface area contributed by atoms with E-state index in [-0.39, 0.29) is 18.2 Å². The topological polar surface area (TPSA) is 58.6 Å². The van der Waals surface area contributed by atoms with Crippen LogP contribution in [0.3, 0.4) is 0 Å². The fourth-order valence-electron chi connectivity index (χ4n) is 2.94. The maximum Gasteiger partial charge on any atom is 0.236 e. The van der Waals surface area contributed by atoms with Gasteiger partial charge in [0.25, 0.3) is 0 Å². The summed E-state index contributed by atoms with van der Waals surface area (Å²) in [5, 5.41) is 2.79. The summed E-state index contributed by atoms with van der Waals surface area (Å²) in [7, 11) is 1.59. The second kappa shape index (κ2) is 7.17. The number of carbonyl (C=O) groups excluding carboxylic acids is 2. The van der Waals surface area contributed by atoms with E-state index < -0.39 is 0 Å². The number of amides is 2. The maximum absolute atomic E-state index is 12.4. The largest absolute Gasteiger partial charge is 0.496 e. The van der Waals surface area contributed by atoms with E-state index in [1.54, 1.807) is 12.0 Å². The molecule has 5 heteroatoms. The molecule has 1 heterocycles. The van der Waals surface area contributed by atoms with Gasteiger partial charge in [0.1, 0.15) is 12.2 Å². The van der Waals surface area contributed by atoms with Gasteiger partial charge in [0.05, 0.1) is 7.11 Å². The quantitative estimate of drug-likeness (QED) is 0.859. The molecule has 0 aliphatic carbocycles. The predicted octanol–water partition coefficient (Wildman–Crippen LogP) is 2.29. The summed E-state index contributed by atoms with van der Waals surface area (Å²) in [5.74, 6) is 0.269. The summed E-state index contributed by atoms with van der Waals surface area (Å²) < 4.78 is 5.25. The lowest BCUT2D eigenvalue weighted by molar-refractivity contribution is -0.128. The summed E-state index contributed by atoms with van der Waals surface area (Å²) in [6.07, 6.45) is 0.689. The van der Waals surface area contributed by atoms with Gasteiger partial charge in [-0.3, -0.25) is 9.59 Å². The number of hydrogen-bond acceptors (Lipinski definition) is 3. The molecule has 0 aromatic heterocycles. The van der Waals surface area contributed by atoms with Gasteiger partial charge in [-0.2, -0.15) is 0 Å². The monoisotopic (exact) mass is 324 g/mol. The Morgan fingerprint density at radius 3 is 2.71 bits per heavy atom. The van der Waals surface area contributed by atoms with Crippen LogP contribution < -0.4 is 15.0 Å². The highest BCUT2D eigenvalue weighted by atomic mass is 16.5. The Labute approximate surface area is 141 Å². The maximum atomic E-state index is 12.4. The molecule has 0 saturated carbocycles. The second-order valence-corrected chi connectivity index (χ2v) is 5.69. The average Bonchev–Trinajstić information content (AvgIpc) is 3.04. The number of nitrogens with one attached hydrogen (secondary N) is 1. The molecule has 3 rings (SSSR count). The minimum Gasteiger partial charge on any atom is -0.496 e. The fourth-order valence-corrected chi connectivity index (χ4v) is 2.94. The fraction of sp³-hybridized carbons (Fsp3) is 0.263. The standard InChI is InChI=1S/C19H20N2O3/c1-24-17-9-5-3-7-15(17)13-20-18(22)12-19(23)21-11-10-14-6-2-4-8-16(14)21/h2-9H,10-13H2,1H3,(H,20,22). The molecule has 0 atom stereocenters. The highest BCUT2D eigenvalue weighted by molar-refractivity contribution is 6.05. The lowest BCUT2D eigenvalue weighted by Crippen LogP contribution is -2.34. The van der Waals surface area contributed by atoms with Gasteiger partial charge in [-0.25, -0.2) is 0 Å². The molecule has 2 aromatic rings. The van der Waals surface area contributed by atoms with Crippen LogP contribution in [0.4, 0.5) is 5.69 Å². The normalized spacial score (nSPS) is 12.6. The van der Waals surface area contributed by atoms with Crippen LogP contribution in [0.1, 0.15) is 17.5 Å². The SMILES string of the molecule is COc1ccccc1CNC(=O)CC(=O)N1CCc2ccccc21. The molecular formula is C19H20N2O3. The summed E-state index contributed by atoms with van der Waals surface area (Å²) in [5.41, 5.74) is 2.95. The van der Waals surface area contributed by atoms with Crippen LogP contribution in [0.2, 0.25) is 0 Å². The van der Waals surface area contributed by atoms with E-state index in [1.807, 2.05) is 48.5 Å². The number of anilines is 1. The molecule has 1 N–H and O–H groups in total. The molecule has 0 unspecified atom stereocenters. The van der Waals surface area contributed by atoms with Crippen molar-refractivity contribution in [3.63, 3.8) is 0 Å². The number of nitrogens with zero attached hydrogens (tertiary/aromatic N) is 1. The third-order valence-corrected chi connectivity index (χ3v) is 4.17. The molecule has 1 aliphatic heterocycles. The Balaban J connectivity index is 1.57. The zero-order valence-electron chi connectivity index (χ0n) is 13.6. The van der Waals surface area contributed by atoms with Crippen LogP contribution >= 0.6 is 0 Å². The van der Waals surface area contributed by atoms with Crippen LogP contribution in [0, 0.1) is 0 Å². The molecule has 2 amide bonds. The lowest BCUT2D eigenvalue weighted by atomic mass is 10.2. The second-order valence-electron chi connectivity index (χ2n) is 5.69. The Bertz CT molecular complexity index is 758. The first-order valence-electron chi connectivity index (χ1n) is 7.96. The summed E-state index contributed by atoms with van der Waals surface area (Å²) in [6, 6.07) is 15.3. The van der Waals surface area contributed by atoms with Crippen molar-refractivity contribution in [2.24, 2.45) is 0 Å². The highest BCUT2D eigenvalue weighted by Gasteiger charge is 2.25. The minimum absolute atomic E-state index is 0.149. The van der Waals surface area contributed by atoms with Gasteiger partial charge in [-0.15, -0.1) is 0 Å². The van der Waals surface area contributed by atoms with Gasteiger partial charge in [-0.05, 0) is 24.1 Å². The number of fused-ring (bicyclic) bond motifs is 1. The summed E-state index contributed by atoms with van der Waals surface area (Å²) in [4.78, 5) is 26.2. The van der Waals surface area contributed by atoms with E-state index in [4.69, 9.17) is 4.74 Å². The van der Waals surface area contributed by atoms with Crippen LogP contribution in [0.25, 0.3) is 0 Å². The van der Waals surface area contributed by atoms with E-state index >= 15 is 0 Å². The zero-order chi connectivity index (χ0) is 16.9. The van der Waals surface area contributed by atoms with Crippen molar-refractivity contribution >= 4 is 17.5 Å². The van der Waals surface area contributed by atoms with Crippen LogP contribution in [0.15, 0.2) is 48.5 Å². The minimum atomic E-state index is -0.282. The van der Waals surface area contributed by atoms with Gasteiger partial charge >= 0.3 is 0 Å². The molecule has 0 saturated heterocycles. The van der Waals surface area contributed by atoms with E-state index in [2.05, 4.69) is 5.32 Å². The van der Waals surface area contributed by atoms with E-state index in [9.17, 15) is 9.59 Å². The Morgan fingerprint density at radius 1 is 1.12 bits per heavy atom. The number of para-hydroxylation sites is 2.